The van der Waals surface area contributed by atoms with Crippen LogP contribution in [0.25, 0.3) is 0 Å². The molecule has 3 rings (SSSR count). The van der Waals surface area contributed by atoms with Gasteiger partial charge in [0.15, 0.2) is 0 Å². The zero-order valence-corrected chi connectivity index (χ0v) is 17.8. The highest BCUT2D eigenvalue weighted by atomic mass is 32.2. The number of ether oxygens (including phenoxy) is 1. The lowest BCUT2D eigenvalue weighted by Gasteiger charge is -2.34. The number of benzene rings is 2. The number of rotatable bonds is 6. The van der Waals surface area contributed by atoms with Crippen molar-refractivity contribution in [2.45, 2.75) is 56.8 Å². The minimum absolute atomic E-state index is 0.0977. The SMILES string of the molecule is Cc1ccccc1[C@H](NS(=O)(=O)c1ccc(OC(F)(F)F)cc1)[C@@H]1CCC[C@@H](C)C1. The van der Waals surface area contributed by atoms with E-state index in [1.807, 2.05) is 31.2 Å². The van der Waals surface area contributed by atoms with E-state index in [9.17, 15) is 21.6 Å². The first-order valence-corrected chi connectivity index (χ1v) is 11.5. The first-order chi connectivity index (χ1) is 14.0. The lowest BCUT2D eigenvalue weighted by molar-refractivity contribution is -0.274. The van der Waals surface area contributed by atoms with Gasteiger partial charge in [0.2, 0.25) is 10.0 Å². The molecule has 1 aliphatic carbocycles. The van der Waals surface area contributed by atoms with Gasteiger partial charge in [-0.15, -0.1) is 13.2 Å². The molecule has 0 spiro atoms. The molecular weight excluding hydrogens is 415 g/mol. The fourth-order valence-corrected chi connectivity index (χ4v) is 5.47. The van der Waals surface area contributed by atoms with E-state index >= 15 is 0 Å². The monoisotopic (exact) mass is 441 g/mol. The molecule has 0 aliphatic heterocycles. The van der Waals surface area contributed by atoms with E-state index < -0.39 is 28.2 Å². The van der Waals surface area contributed by atoms with Gasteiger partial charge >= 0.3 is 6.36 Å². The van der Waals surface area contributed by atoms with Crippen LogP contribution in [-0.2, 0) is 10.0 Å². The topological polar surface area (TPSA) is 55.4 Å². The number of hydrogen-bond donors (Lipinski definition) is 1. The summed E-state index contributed by atoms with van der Waals surface area (Å²) in [6, 6.07) is 11.6. The molecule has 1 aliphatic rings. The van der Waals surface area contributed by atoms with Crippen LogP contribution in [0.3, 0.4) is 0 Å². The first-order valence-electron chi connectivity index (χ1n) is 9.99. The highest BCUT2D eigenvalue weighted by molar-refractivity contribution is 7.89. The molecule has 0 unspecified atom stereocenters. The molecule has 2 aromatic carbocycles. The van der Waals surface area contributed by atoms with Gasteiger partial charge in [-0.1, -0.05) is 44.0 Å². The number of halogens is 3. The van der Waals surface area contributed by atoms with E-state index in [1.54, 1.807) is 0 Å². The zero-order valence-electron chi connectivity index (χ0n) is 16.9. The van der Waals surface area contributed by atoms with Crippen LogP contribution >= 0.6 is 0 Å². The van der Waals surface area contributed by atoms with Crippen molar-refractivity contribution in [2.24, 2.45) is 11.8 Å². The van der Waals surface area contributed by atoms with E-state index in [4.69, 9.17) is 0 Å². The third-order valence-corrected chi connectivity index (χ3v) is 7.08. The standard InChI is InChI=1S/C22H26F3NO3S/c1-15-6-5-8-17(14-15)21(20-9-4-3-7-16(20)2)26-30(27,28)19-12-10-18(11-13-19)29-22(23,24)25/h3-4,7,9-13,15,17,21,26H,5-6,8,14H2,1-2H3/t15-,17-,21-/m1/s1. The Balaban J connectivity index is 1.88. The number of alkyl halides is 3. The summed E-state index contributed by atoms with van der Waals surface area (Å²) in [6.45, 7) is 4.13. The average Bonchev–Trinajstić information content (AvgIpc) is 2.66. The molecule has 164 valence electrons. The van der Waals surface area contributed by atoms with Gasteiger partial charge in [0.25, 0.3) is 0 Å². The Hall–Kier alpha value is -2.06. The highest BCUT2D eigenvalue weighted by Gasteiger charge is 2.33. The molecule has 30 heavy (non-hydrogen) atoms. The van der Waals surface area contributed by atoms with Crippen molar-refractivity contribution in [1.82, 2.24) is 4.72 Å². The van der Waals surface area contributed by atoms with E-state index in [2.05, 4.69) is 16.4 Å². The van der Waals surface area contributed by atoms with Crippen LogP contribution in [0.4, 0.5) is 13.2 Å². The largest absolute Gasteiger partial charge is 0.573 e. The van der Waals surface area contributed by atoms with Gasteiger partial charge in [0, 0.05) is 0 Å². The average molecular weight is 442 g/mol. The number of aryl methyl sites for hydroxylation is 1. The van der Waals surface area contributed by atoms with Crippen molar-refractivity contribution in [3.05, 3.63) is 59.7 Å². The summed E-state index contributed by atoms with van der Waals surface area (Å²) in [5.74, 6) is 0.203. The van der Waals surface area contributed by atoms with Gasteiger partial charge in [-0.3, -0.25) is 0 Å². The first kappa shape index (κ1) is 22.6. The molecule has 1 fully saturated rings. The maximum absolute atomic E-state index is 13.1. The van der Waals surface area contributed by atoms with E-state index in [-0.39, 0.29) is 10.8 Å². The van der Waals surface area contributed by atoms with Crippen molar-refractivity contribution in [1.29, 1.82) is 0 Å². The van der Waals surface area contributed by atoms with Gasteiger partial charge in [0.1, 0.15) is 5.75 Å². The highest BCUT2D eigenvalue weighted by Crippen LogP contribution is 2.39. The summed E-state index contributed by atoms with van der Waals surface area (Å²) in [5.41, 5.74) is 1.93. The third-order valence-electron chi connectivity index (χ3n) is 5.62. The normalized spacial score (nSPS) is 21.2. The number of sulfonamides is 1. The smallest absolute Gasteiger partial charge is 0.406 e. The number of hydrogen-bond acceptors (Lipinski definition) is 3. The lowest BCUT2D eigenvalue weighted by Crippen LogP contribution is -2.35. The molecule has 0 saturated heterocycles. The summed E-state index contributed by atoms with van der Waals surface area (Å²) in [7, 11) is -3.94. The van der Waals surface area contributed by atoms with Gasteiger partial charge in [0.05, 0.1) is 10.9 Å². The van der Waals surface area contributed by atoms with Gasteiger partial charge < -0.3 is 4.74 Å². The third kappa shape index (κ3) is 5.76. The fraction of sp³-hybridized carbons (Fsp3) is 0.455. The Bertz CT molecular complexity index is 958. The van der Waals surface area contributed by atoms with Crippen molar-refractivity contribution in [2.75, 3.05) is 0 Å². The maximum atomic E-state index is 13.1. The Morgan fingerprint density at radius 1 is 1.07 bits per heavy atom. The summed E-state index contributed by atoms with van der Waals surface area (Å²) in [4.78, 5) is -0.0977. The molecule has 3 atom stereocenters. The van der Waals surface area contributed by atoms with Crippen LogP contribution in [0, 0.1) is 18.8 Å². The Morgan fingerprint density at radius 3 is 2.33 bits per heavy atom. The van der Waals surface area contributed by atoms with E-state index in [0.29, 0.717) is 5.92 Å². The zero-order chi connectivity index (χ0) is 21.9. The molecule has 0 amide bonds. The van der Waals surface area contributed by atoms with Crippen LogP contribution in [0.5, 0.6) is 5.75 Å². The molecule has 0 bridgehead atoms. The van der Waals surface area contributed by atoms with Crippen LogP contribution in [0.2, 0.25) is 0 Å². The summed E-state index contributed by atoms with van der Waals surface area (Å²) >= 11 is 0. The molecule has 1 N–H and O–H groups in total. The predicted molar refractivity (Wildman–Crippen MR) is 108 cm³/mol. The molecule has 1 saturated carbocycles. The van der Waals surface area contributed by atoms with Crippen molar-refractivity contribution >= 4 is 10.0 Å². The molecular formula is C22H26F3NO3S. The number of nitrogens with one attached hydrogen (secondary N) is 1. The summed E-state index contributed by atoms with van der Waals surface area (Å²) in [5, 5.41) is 0. The predicted octanol–water partition coefficient (Wildman–Crippen LogP) is 5.74. The molecule has 4 nitrogen and oxygen atoms in total. The van der Waals surface area contributed by atoms with Crippen LogP contribution in [-0.4, -0.2) is 14.8 Å². The Kier molecular flexibility index (Phi) is 6.77. The minimum Gasteiger partial charge on any atom is -0.406 e. The second-order valence-electron chi connectivity index (χ2n) is 8.01. The Labute approximate surface area is 175 Å². The molecule has 0 heterocycles. The molecule has 0 radical (unpaired) electrons. The van der Waals surface area contributed by atoms with E-state index in [1.165, 1.54) is 0 Å². The Morgan fingerprint density at radius 2 is 1.73 bits per heavy atom. The van der Waals surface area contributed by atoms with Crippen molar-refractivity contribution < 1.29 is 26.3 Å². The van der Waals surface area contributed by atoms with Gasteiger partial charge in [-0.05, 0) is 67.0 Å². The molecule has 0 aromatic heterocycles. The summed E-state index contributed by atoms with van der Waals surface area (Å²) < 4.78 is 69.9. The van der Waals surface area contributed by atoms with E-state index in [0.717, 1.165) is 61.1 Å². The van der Waals surface area contributed by atoms with Crippen molar-refractivity contribution in [3.8, 4) is 5.75 Å². The second kappa shape index (κ2) is 8.98. The lowest BCUT2D eigenvalue weighted by atomic mass is 9.76. The molecule has 2 aromatic rings. The van der Waals surface area contributed by atoms with Gasteiger partial charge in [-0.25, -0.2) is 13.1 Å². The van der Waals surface area contributed by atoms with Crippen LogP contribution in [0.15, 0.2) is 53.4 Å². The van der Waals surface area contributed by atoms with Gasteiger partial charge in [-0.2, -0.15) is 0 Å². The van der Waals surface area contributed by atoms with Crippen LogP contribution in [0.1, 0.15) is 49.8 Å². The minimum atomic E-state index is -4.83. The summed E-state index contributed by atoms with van der Waals surface area (Å²) in [6.07, 6.45) is -0.819. The fourth-order valence-electron chi connectivity index (χ4n) is 4.19. The van der Waals surface area contributed by atoms with Crippen LogP contribution < -0.4 is 9.46 Å². The maximum Gasteiger partial charge on any atom is 0.573 e. The molecule has 8 heteroatoms. The second-order valence-corrected chi connectivity index (χ2v) is 9.72. The van der Waals surface area contributed by atoms with Crippen molar-refractivity contribution in [3.63, 3.8) is 0 Å². The quantitative estimate of drug-likeness (QED) is 0.622.